The van der Waals surface area contributed by atoms with Gasteiger partial charge < -0.3 is 10.1 Å². The molecule has 1 N–H and O–H groups in total. The number of para-hydroxylation sites is 2. The van der Waals surface area contributed by atoms with Crippen LogP contribution in [0.5, 0.6) is 5.75 Å². The number of aromatic nitrogens is 1. The van der Waals surface area contributed by atoms with Gasteiger partial charge in [-0.2, -0.15) is 0 Å². The number of ether oxygens (including phenoxy) is 1. The molecule has 0 radical (unpaired) electrons. The molecule has 0 bridgehead atoms. The highest BCUT2D eigenvalue weighted by Gasteiger charge is 2.06. The maximum Gasteiger partial charge on any atom is 0.262 e. The molecule has 0 aliphatic carbocycles. The number of carbonyl (C=O) groups excluding carboxylic acids is 1. The molecule has 4 rings (SSSR count). The molecule has 0 aliphatic rings. The third kappa shape index (κ3) is 4.12. The molecule has 4 heteroatoms. The van der Waals surface area contributed by atoms with E-state index in [1.165, 1.54) is 0 Å². The van der Waals surface area contributed by atoms with E-state index in [0.717, 1.165) is 22.2 Å². The molecule has 3 aromatic carbocycles. The summed E-state index contributed by atoms with van der Waals surface area (Å²) < 4.78 is 5.48. The van der Waals surface area contributed by atoms with Gasteiger partial charge in [0, 0.05) is 16.6 Å². The Hall–Kier alpha value is -3.66. The first-order valence-electron chi connectivity index (χ1n) is 8.72. The quantitative estimate of drug-likeness (QED) is 0.553. The lowest BCUT2D eigenvalue weighted by Gasteiger charge is -2.09. The first-order chi connectivity index (χ1) is 13.3. The van der Waals surface area contributed by atoms with Crippen molar-refractivity contribution in [1.29, 1.82) is 0 Å². The average molecular weight is 354 g/mol. The zero-order chi connectivity index (χ0) is 18.5. The van der Waals surface area contributed by atoms with Crippen LogP contribution in [0, 0.1) is 0 Å². The second-order valence-corrected chi connectivity index (χ2v) is 6.12. The first-order valence-corrected chi connectivity index (χ1v) is 8.72. The fourth-order valence-electron chi connectivity index (χ4n) is 2.85. The van der Waals surface area contributed by atoms with Crippen molar-refractivity contribution in [2.24, 2.45) is 0 Å². The number of nitrogens with zero attached hydrogens (tertiary/aromatic N) is 1. The second kappa shape index (κ2) is 7.70. The zero-order valence-electron chi connectivity index (χ0n) is 14.6. The predicted molar refractivity (Wildman–Crippen MR) is 108 cm³/mol. The van der Waals surface area contributed by atoms with Crippen molar-refractivity contribution in [2.75, 3.05) is 11.9 Å². The molecule has 132 valence electrons. The van der Waals surface area contributed by atoms with Crippen molar-refractivity contribution in [3.05, 3.63) is 91.0 Å². The molecule has 0 aliphatic heterocycles. The predicted octanol–water partition coefficient (Wildman–Crippen LogP) is 4.92. The minimum atomic E-state index is -0.206. The van der Waals surface area contributed by atoms with E-state index < -0.39 is 0 Å². The maximum atomic E-state index is 12.2. The smallest absolute Gasteiger partial charge is 0.262 e. The van der Waals surface area contributed by atoms with Gasteiger partial charge in [-0.15, -0.1) is 0 Å². The Bertz CT molecular complexity index is 1080. The maximum absolute atomic E-state index is 12.2. The summed E-state index contributed by atoms with van der Waals surface area (Å²) in [5, 5.41) is 3.97. The highest BCUT2D eigenvalue weighted by atomic mass is 16.5. The van der Waals surface area contributed by atoms with E-state index in [-0.39, 0.29) is 12.5 Å². The molecule has 1 heterocycles. The monoisotopic (exact) mass is 354 g/mol. The largest absolute Gasteiger partial charge is 0.484 e. The number of fused-ring (bicyclic) bond motifs is 1. The van der Waals surface area contributed by atoms with Gasteiger partial charge in [0.2, 0.25) is 0 Å². The van der Waals surface area contributed by atoms with Crippen LogP contribution >= 0.6 is 0 Å². The van der Waals surface area contributed by atoms with Gasteiger partial charge in [-0.05, 0) is 36.4 Å². The number of hydrogen-bond donors (Lipinski definition) is 1. The number of benzene rings is 3. The van der Waals surface area contributed by atoms with E-state index in [4.69, 9.17) is 9.72 Å². The Labute approximate surface area is 157 Å². The summed E-state index contributed by atoms with van der Waals surface area (Å²) in [4.78, 5) is 16.9. The lowest BCUT2D eigenvalue weighted by molar-refractivity contribution is -0.118. The van der Waals surface area contributed by atoms with Crippen LogP contribution in [0.3, 0.4) is 0 Å². The van der Waals surface area contributed by atoms with Crippen LogP contribution in [0.15, 0.2) is 91.0 Å². The topological polar surface area (TPSA) is 51.2 Å². The lowest BCUT2D eigenvalue weighted by atomic mass is 10.1. The molecule has 1 amide bonds. The molecule has 1 aromatic heterocycles. The minimum absolute atomic E-state index is 0.0392. The van der Waals surface area contributed by atoms with Crippen molar-refractivity contribution in [3.8, 4) is 17.0 Å². The van der Waals surface area contributed by atoms with Crippen LogP contribution in [-0.4, -0.2) is 17.5 Å². The number of rotatable bonds is 5. The van der Waals surface area contributed by atoms with Crippen LogP contribution in [0.25, 0.3) is 22.2 Å². The molecule has 0 fully saturated rings. The van der Waals surface area contributed by atoms with Gasteiger partial charge in [0.1, 0.15) is 5.75 Å². The van der Waals surface area contributed by atoms with E-state index in [1.807, 2.05) is 84.9 Å². The van der Waals surface area contributed by atoms with Crippen molar-refractivity contribution >= 4 is 22.5 Å². The van der Waals surface area contributed by atoms with Gasteiger partial charge >= 0.3 is 0 Å². The van der Waals surface area contributed by atoms with Gasteiger partial charge in [0.15, 0.2) is 6.61 Å². The van der Waals surface area contributed by atoms with Crippen LogP contribution in [-0.2, 0) is 4.79 Å². The Morgan fingerprint density at radius 2 is 1.67 bits per heavy atom. The van der Waals surface area contributed by atoms with Gasteiger partial charge in [0.05, 0.1) is 11.2 Å². The number of carbonyl (C=O) groups is 1. The Kier molecular flexibility index (Phi) is 4.79. The molecule has 0 saturated carbocycles. The van der Waals surface area contributed by atoms with Crippen molar-refractivity contribution in [1.82, 2.24) is 4.98 Å². The summed E-state index contributed by atoms with van der Waals surface area (Å²) in [6.07, 6.45) is 0. The Morgan fingerprint density at radius 1 is 0.852 bits per heavy atom. The zero-order valence-corrected chi connectivity index (χ0v) is 14.6. The van der Waals surface area contributed by atoms with Crippen molar-refractivity contribution in [3.63, 3.8) is 0 Å². The Morgan fingerprint density at radius 3 is 2.56 bits per heavy atom. The molecular weight excluding hydrogens is 336 g/mol. The third-order valence-corrected chi connectivity index (χ3v) is 4.15. The van der Waals surface area contributed by atoms with Crippen LogP contribution in [0.2, 0.25) is 0 Å². The molecule has 4 aromatic rings. The number of hydrogen-bond acceptors (Lipinski definition) is 3. The van der Waals surface area contributed by atoms with Gasteiger partial charge in [-0.25, -0.2) is 4.98 Å². The molecule has 0 unspecified atom stereocenters. The SMILES string of the molecule is O=C(COc1ccccc1)Nc1cccc(-c2ccc3ccccc3n2)c1. The summed E-state index contributed by atoms with van der Waals surface area (Å²) in [6, 6.07) is 29.0. The summed E-state index contributed by atoms with van der Waals surface area (Å²) in [5.41, 5.74) is 3.47. The van der Waals surface area contributed by atoms with E-state index in [0.29, 0.717) is 11.4 Å². The molecule has 0 atom stereocenters. The number of pyridine rings is 1. The summed E-state index contributed by atoms with van der Waals surface area (Å²) in [7, 11) is 0. The standard InChI is InChI=1S/C23H18N2O2/c26-23(16-27-20-10-2-1-3-11-20)24-19-9-6-8-18(15-19)22-14-13-17-7-4-5-12-21(17)25-22/h1-15H,16H2,(H,24,26). The molecule has 27 heavy (non-hydrogen) atoms. The Balaban J connectivity index is 1.47. The number of nitrogens with one attached hydrogen (secondary N) is 1. The fourth-order valence-corrected chi connectivity index (χ4v) is 2.85. The minimum Gasteiger partial charge on any atom is -0.484 e. The lowest BCUT2D eigenvalue weighted by Crippen LogP contribution is -2.20. The first kappa shape index (κ1) is 16.8. The molecule has 0 saturated heterocycles. The van der Waals surface area contributed by atoms with E-state index >= 15 is 0 Å². The molecule has 4 nitrogen and oxygen atoms in total. The summed E-state index contributed by atoms with van der Waals surface area (Å²) in [6.45, 7) is -0.0392. The van der Waals surface area contributed by atoms with Crippen LogP contribution in [0.4, 0.5) is 5.69 Å². The van der Waals surface area contributed by atoms with Crippen molar-refractivity contribution in [2.45, 2.75) is 0 Å². The van der Waals surface area contributed by atoms with E-state index in [2.05, 4.69) is 11.4 Å². The van der Waals surface area contributed by atoms with E-state index in [9.17, 15) is 4.79 Å². The number of amides is 1. The highest BCUT2D eigenvalue weighted by molar-refractivity contribution is 5.92. The number of anilines is 1. The normalized spacial score (nSPS) is 10.5. The summed E-state index contributed by atoms with van der Waals surface area (Å²) >= 11 is 0. The van der Waals surface area contributed by atoms with Crippen LogP contribution in [0.1, 0.15) is 0 Å². The summed E-state index contributed by atoms with van der Waals surface area (Å²) in [5.74, 6) is 0.462. The van der Waals surface area contributed by atoms with Gasteiger partial charge in [-0.1, -0.05) is 54.6 Å². The van der Waals surface area contributed by atoms with Crippen molar-refractivity contribution < 1.29 is 9.53 Å². The third-order valence-electron chi connectivity index (χ3n) is 4.15. The molecular formula is C23H18N2O2. The average Bonchev–Trinajstić information content (AvgIpc) is 2.73. The second-order valence-electron chi connectivity index (χ2n) is 6.12. The highest BCUT2D eigenvalue weighted by Crippen LogP contribution is 2.23. The van der Waals surface area contributed by atoms with Gasteiger partial charge in [0.25, 0.3) is 5.91 Å². The van der Waals surface area contributed by atoms with E-state index in [1.54, 1.807) is 0 Å². The van der Waals surface area contributed by atoms with Crippen LogP contribution < -0.4 is 10.1 Å². The fraction of sp³-hybridized carbons (Fsp3) is 0.0435. The van der Waals surface area contributed by atoms with Gasteiger partial charge in [-0.3, -0.25) is 4.79 Å². The molecule has 0 spiro atoms.